The minimum Gasteiger partial charge on any atom is -0.477 e. The molecule has 160 valence electrons. The Morgan fingerprint density at radius 2 is 2.00 bits per heavy atom. The Hall–Kier alpha value is -2.75. The number of piperidine rings is 1. The average molecular weight is 422 g/mol. The second-order valence-electron chi connectivity index (χ2n) is 8.39. The number of hydrogen-bond donors (Lipinski definition) is 3. The predicted octanol–water partition coefficient (Wildman–Crippen LogP) is 2.03. The van der Waals surface area contributed by atoms with Crippen molar-refractivity contribution in [3.63, 3.8) is 0 Å². The number of alkyl halides is 1. The number of nitrogen functional groups attached to an aromatic ring is 1. The molecule has 0 spiro atoms. The second kappa shape index (κ2) is 6.63. The van der Waals surface area contributed by atoms with E-state index in [1.54, 1.807) is 4.90 Å². The Balaban J connectivity index is 1.75. The average Bonchev–Trinajstić information content (AvgIpc) is 3.27. The van der Waals surface area contributed by atoms with Gasteiger partial charge in [-0.3, -0.25) is 4.79 Å². The van der Waals surface area contributed by atoms with Crippen molar-refractivity contribution >= 4 is 28.2 Å². The monoisotopic (exact) mass is 422 g/mol. The van der Waals surface area contributed by atoms with Crippen LogP contribution in [0.5, 0.6) is 0 Å². The second-order valence-corrected chi connectivity index (χ2v) is 8.39. The molecule has 0 amide bonds. The molecule has 2 aromatic rings. The molecule has 1 unspecified atom stereocenters. The summed E-state index contributed by atoms with van der Waals surface area (Å²) in [6.07, 6.45) is 1.62. The molecule has 4 N–H and O–H groups in total. The van der Waals surface area contributed by atoms with Crippen LogP contribution < -0.4 is 21.4 Å². The van der Waals surface area contributed by atoms with E-state index in [-0.39, 0.29) is 29.6 Å². The molecule has 0 radical (unpaired) electrons. The molecule has 3 aliphatic rings. The van der Waals surface area contributed by atoms with Crippen molar-refractivity contribution < 1.29 is 23.1 Å². The summed E-state index contributed by atoms with van der Waals surface area (Å²) in [6.45, 7) is 1.66. The molecule has 1 aliphatic carbocycles. The highest BCUT2D eigenvalue weighted by atomic mass is 19.1. The molecule has 1 aromatic carbocycles. The van der Waals surface area contributed by atoms with Gasteiger partial charge in [-0.05, 0) is 25.3 Å². The molecule has 5 rings (SSSR count). The number of anilines is 2. The molecule has 2 saturated heterocycles. The topological polar surface area (TPSA) is 101 Å². The third-order valence-corrected chi connectivity index (χ3v) is 6.55. The van der Waals surface area contributed by atoms with Crippen molar-refractivity contribution in [2.45, 2.75) is 37.5 Å². The first-order chi connectivity index (χ1) is 14.3. The van der Waals surface area contributed by atoms with Crippen LogP contribution in [0.15, 0.2) is 11.0 Å². The first kappa shape index (κ1) is 19.2. The summed E-state index contributed by atoms with van der Waals surface area (Å²) >= 11 is 0. The molecule has 2 aliphatic heterocycles. The number of rotatable bonds is 3. The molecule has 1 aromatic heterocycles. The van der Waals surface area contributed by atoms with Crippen molar-refractivity contribution in [1.29, 1.82) is 0 Å². The van der Waals surface area contributed by atoms with Gasteiger partial charge in [0, 0.05) is 31.7 Å². The Labute approximate surface area is 169 Å². The SMILES string of the molecule is Nc1c(F)c(N2CC3CCCN[C@@H]3C2)c(F)c2c1c(=O)c(C(=O)O)cn2[C@@H]1C[C@@H]1F. The van der Waals surface area contributed by atoms with Crippen LogP contribution >= 0.6 is 0 Å². The van der Waals surface area contributed by atoms with Gasteiger partial charge in [-0.2, -0.15) is 0 Å². The Bertz CT molecular complexity index is 1120. The van der Waals surface area contributed by atoms with E-state index in [4.69, 9.17) is 5.73 Å². The largest absolute Gasteiger partial charge is 0.477 e. The van der Waals surface area contributed by atoms with Crippen LogP contribution in [0.3, 0.4) is 0 Å². The molecular weight excluding hydrogens is 401 g/mol. The summed E-state index contributed by atoms with van der Waals surface area (Å²) in [6, 6.07) is -0.717. The van der Waals surface area contributed by atoms with Crippen molar-refractivity contribution in [2.24, 2.45) is 5.92 Å². The molecule has 1 saturated carbocycles. The van der Waals surface area contributed by atoms with Crippen LogP contribution in [0.25, 0.3) is 10.9 Å². The lowest BCUT2D eigenvalue weighted by molar-refractivity contribution is 0.0694. The fourth-order valence-corrected chi connectivity index (χ4v) is 4.91. The Morgan fingerprint density at radius 1 is 1.27 bits per heavy atom. The number of carbonyl (C=O) groups is 1. The van der Waals surface area contributed by atoms with E-state index in [1.807, 2.05) is 0 Å². The normalized spacial score (nSPS) is 28.0. The van der Waals surface area contributed by atoms with E-state index in [2.05, 4.69) is 5.32 Å². The number of halogens is 3. The van der Waals surface area contributed by atoms with Gasteiger partial charge < -0.3 is 25.6 Å². The predicted molar refractivity (Wildman–Crippen MR) is 105 cm³/mol. The number of nitrogens with zero attached hydrogens (tertiary/aromatic N) is 2. The number of aromatic nitrogens is 1. The number of aromatic carboxylic acids is 1. The smallest absolute Gasteiger partial charge is 0.341 e. The molecule has 3 heterocycles. The maximum atomic E-state index is 15.7. The van der Waals surface area contributed by atoms with Crippen LogP contribution in [0.2, 0.25) is 0 Å². The van der Waals surface area contributed by atoms with E-state index in [1.165, 1.54) is 0 Å². The highest BCUT2D eigenvalue weighted by Crippen LogP contribution is 2.44. The van der Waals surface area contributed by atoms with Gasteiger partial charge in [-0.15, -0.1) is 0 Å². The van der Waals surface area contributed by atoms with E-state index in [9.17, 15) is 19.1 Å². The first-order valence-electron chi connectivity index (χ1n) is 10.0. The summed E-state index contributed by atoms with van der Waals surface area (Å²) in [4.78, 5) is 25.8. The van der Waals surface area contributed by atoms with Crippen LogP contribution in [0.1, 0.15) is 35.7 Å². The van der Waals surface area contributed by atoms with Gasteiger partial charge >= 0.3 is 5.97 Å². The van der Waals surface area contributed by atoms with Crippen molar-refractivity contribution in [3.05, 3.63) is 33.6 Å². The Kier molecular flexibility index (Phi) is 4.25. The zero-order valence-corrected chi connectivity index (χ0v) is 16.0. The number of hydrogen-bond acceptors (Lipinski definition) is 5. The number of nitrogens with two attached hydrogens (primary N) is 1. The van der Waals surface area contributed by atoms with Crippen LogP contribution in [0, 0.1) is 17.6 Å². The minimum absolute atomic E-state index is 0.0564. The van der Waals surface area contributed by atoms with Crippen molar-refractivity contribution in [3.8, 4) is 0 Å². The van der Waals surface area contributed by atoms with Gasteiger partial charge in [0.15, 0.2) is 11.6 Å². The summed E-state index contributed by atoms with van der Waals surface area (Å²) < 4.78 is 45.9. The van der Waals surface area contributed by atoms with Gasteiger partial charge in [-0.1, -0.05) is 0 Å². The number of pyridine rings is 1. The lowest BCUT2D eigenvalue weighted by Gasteiger charge is -2.24. The third kappa shape index (κ3) is 2.69. The maximum absolute atomic E-state index is 15.7. The lowest BCUT2D eigenvalue weighted by atomic mass is 9.94. The number of benzene rings is 1. The van der Waals surface area contributed by atoms with E-state index < -0.39 is 51.9 Å². The Morgan fingerprint density at radius 3 is 2.63 bits per heavy atom. The molecule has 3 fully saturated rings. The minimum atomic E-state index is -1.56. The number of fused-ring (bicyclic) bond motifs is 2. The van der Waals surface area contributed by atoms with Gasteiger partial charge in [0.2, 0.25) is 5.43 Å². The van der Waals surface area contributed by atoms with Gasteiger partial charge in [0.1, 0.15) is 17.4 Å². The first-order valence-corrected chi connectivity index (χ1v) is 10.0. The molecule has 30 heavy (non-hydrogen) atoms. The van der Waals surface area contributed by atoms with Crippen LogP contribution in [0.4, 0.5) is 24.5 Å². The summed E-state index contributed by atoms with van der Waals surface area (Å²) in [5.41, 5.74) is 2.84. The van der Waals surface area contributed by atoms with Crippen molar-refractivity contribution in [2.75, 3.05) is 30.3 Å². The maximum Gasteiger partial charge on any atom is 0.341 e. The highest BCUT2D eigenvalue weighted by molar-refractivity contribution is 5.99. The quantitative estimate of drug-likeness (QED) is 0.655. The number of nitrogens with one attached hydrogen (secondary N) is 1. The molecule has 10 heteroatoms. The summed E-state index contributed by atoms with van der Waals surface area (Å²) in [7, 11) is 0. The summed E-state index contributed by atoms with van der Waals surface area (Å²) in [5, 5.41) is 12.1. The molecule has 0 bridgehead atoms. The zero-order chi connectivity index (χ0) is 21.3. The molecular formula is C20H21F3N4O3. The van der Waals surface area contributed by atoms with Gasteiger partial charge in [0.25, 0.3) is 0 Å². The van der Waals surface area contributed by atoms with E-state index in [0.29, 0.717) is 13.1 Å². The number of carboxylic acid groups (broad SMARTS) is 1. The van der Waals surface area contributed by atoms with E-state index in [0.717, 1.165) is 30.2 Å². The fourth-order valence-electron chi connectivity index (χ4n) is 4.91. The van der Waals surface area contributed by atoms with Crippen LogP contribution in [-0.4, -0.2) is 47.5 Å². The zero-order valence-electron chi connectivity index (χ0n) is 16.0. The lowest BCUT2D eigenvalue weighted by Crippen LogP contribution is -2.40. The van der Waals surface area contributed by atoms with Crippen molar-refractivity contribution in [1.82, 2.24) is 9.88 Å². The summed E-state index contributed by atoms with van der Waals surface area (Å²) in [5.74, 6) is -3.42. The third-order valence-electron chi connectivity index (χ3n) is 6.55. The number of carboxylic acids is 1. The van der Waals surface area contributed by atoms with Gasteiger partial charge in [-0.25, -0.2) is 18.0 Å². The van der Waals surface area contributed by atoms with Crippen LogP contribution in [-0.2, 0) is 0 Å². The standard InChI is InChI=1S/C20H21F3N4O3/c21-10-4-12(10)27-6-9(20(29)30)19(28)13-16(24)14(22)18(15(23)17(13)27)26-5-8-2-1-3-25-11(8)7-26/h6,8,10-12,25H,1-5,7,24H2,(H,29,30)/t8?,10-,11+,12+/m0/s1. The molecule has 4 atom stereocenters. The fraction of sp³-hybridized carbons (Fsp3) is 0.500. The highest BCUT2D eigenvalue weighted by Gasteiger charge is 2.42. The molecule has 7 nitrogen and oxygen atoms in total. The van der Waals surface area contributed by atoms with Gasteiger partial charge in [0.05, 0.1) is 22.6 Å². The van der Waals surface area contributed by atoms with E-state index >= 15 is 8.78 Å².